The molecule has 0 amide bonds. The number of halogens is 3. The largest absolute Gasteiger partial charge is 0.573 e. The van der Waals surface area contributed by atoms with Crippen molar-refractivity contribution in [3.8, 4) is 5.75 Å². The highest BCUT2D eigenvalue weighted by Gasteiger charge is 2.35. The van der Waals surface area contributed by atoms with Crippen molar-refractivity contribution in [3.05, 3.63) is 24.3 Å². The Hall–Kier alpha value is -1.36. The van der Waals surface area contributed by atoms with Crippen LogP contribution in [0.3, 0.4) is 0 Å². The summed E-state index contributed by atoms with van der Waals surface area (Å²) in [6.45, 7) is 6.18. The van der Waals surface area contributed by atoms with Crippen molar-refractivity contribution in [1.82, 2.24) is 9.62 Å². The van der Waals surface area contributed by atoms with Gasteiger partial charge in [-0.1, -0.05) is 12.1 Å². The Balaban J connectivity index is 2.14. The lowest BCUT2D eigenvalue weighted by Gasteiger charge is -2.40. The summed E-state index contributed by atoms with van der Waals surface area (Å²) in [4.78, 5) is 1.52. The van der Waals surface area contributed by atoms with Gasteiger partial charge in [0.1, 0.15) is 10.6 Å². The summed E-state index contributed by atoms with van der Waals surface area (Å²) in [6, 6.07) is 4.66. The number of nitrogens with one attached hydrogen (secondary N) is 1. The number of sulfonamides is 1. The third kappa shape index (κ3) is 5.56. The monoisotopic (exact) mass is 382 g/mol. The van der Waals surface area contributed by atoms with Crippen LogP contribution >= 0.6 is 0 Å². The lowest BCUT2D eigenvalue weighted by molar-refractivity contribution is -0.275. The molecule has 25 heavy (non-hydrogen) atoms. The summed E-state index contributed by atoms with van der Waals surface area (Å²) in [5.74, 6) is -0.758. The van der Waals surface area contributed by atoms with Crippen LogP contribution < -0.4 is 9.46 Å². The van der Waals surface area contributed by atoms with Gasteiger partial charge in [-0.2, -0.15) is 0 Å². The molecule has 10 heteroatoms. The Morgan fingerprint density at radius 3 is 2.40 bits per heavy atom. The van der Waals surface area contributed by atoms with E-state index in [4.69, 9.17) is 4.74 Å². The van der Waals surface area contributed by atoms with Crippen LogP contribution in [0.4, 0.5) is 13.2 Å². The second-order valence-electron chi connectivity index (χ2n) is 6.23. The zero-order valence-electron chi connectivity index (χ0n) is 14.0. The first-order chi connectivity index (χ1) is 11.5. The van der Waals surface area contributed by atoms with Crippen molar-refractivity contribution < 1.29 is 31.1 Å². The lowest BCUT2D eigenvalue weighted by Crippen LogP contribution is -2.55. The smallest absolute Gasteiger partial charge is 0.404 e. The molecule has 0 bridgehead atoms. The lowest BCUT2D eigenvalue weighted by atomic mass is 10.0. The van der Waals surface area contributed by atoms with Gasteiger partial charge >= 0.3 is 6.36 Å². The number of rotatable bonds is 6. The minimum absolute atomic E-state index is 0.0374. The van der Waals surface area contributed by atoms with E-state index >= 15 is 0 Å². The first kappa shape index (κ1) is 20.0. The molecular weight excluding hydrogens is 361 g/mol. The molecule has 1 N–H and O–H groups in total. The predicted molar refractivity (Wildman–Crippen MR) is 84.8 cm³/mol. The van der Waals surface area contributed by atoms with Crippen LogP contribution in [0.1, 0.15) is 13.8 Å². The van der Waals surface area contributed by atoms with E-state index in [0.29, 0.717) is 26.3 Å². The van der Waals surface area contributed by atoms with Crippen LogP contribution in [-0.2, 0) is 14.8 Å². The van der Waals surface area contributed by atoms with Gasteiger partial charge in [0, 0.05) is 25.2 Å². The fourth-order valence-electron chi connectivity index (χ4n) is 2.51. The Morgan fingerprint density at radius 1 is 1.20 bits per heavy atom. The quantitative estimate of drug-likeness (QED) is 0.815. The topological polar surface area (TPSA) is 67.9 Å². The van der Waals surface area contributed by atoms with Gasteiger partial charge in [0.2, 0.25) is 10.0 Å². The zero-order chi connectivity index (χ0) is 18.7. The number of para-hydroxylation sites is 1. The number of alkyl halides is 3. The predicted octanol–water partition coefficient (Wildman–Crippen LogP) is 1.97. The first-order valence-corrected chi connectivity index (χ1v) is 9.17. The molecule has 2 rings (SSSR count). The van der Waals surface area contributed by atoms with E-state index in [-0.39, 0.29) is 6.54 Å². The number of hydrogen-bond acceptors (Lipinski definition) is 5. The summed E-state index contributed by atoms with van der Waals surface area (Å²) in [7, 11) is -4.17. The fourth-order valence-corrected chi connectivity index (χ4v) is 3.84. The number of morpholine rings is 1. The van der Waals surface area contributed by atoms with E-state index in [1.807, 2.05) is 13.8 Å². The van der Waals surface area contributed by atoms with Gasteiger partial charge in [0.25, 0.3) is 0 Å². The Bertz CT molecular complexity index is 686. The molecule has 0 atom stereocenters. The average molecular weight is 382 g/mol. The normalized spacial score (nSPS) is 17.5. The summed E-state index contributed by atoms with van der Waals surface area (Å²) < 4.78 is 73.8. The Morgan fingerprint density at radius 2 is 1.80 bits per heavy atom. The Kier molecular flexibility index (Phi) is 5.97. The van der Waals surface area contributed by atoms with Gasteiger partial charge in [0.15, 0.2) is 0 Å². The molecule has 1 aliphatic heterocycles. The molecular formula is C15H21F3N2O4S. The molecule has 1 heterocycles. The van der Waals surface area contributed by atoms with Crippen molar-refractivity contribution in [2.45, 2.75) is 30.6 Å². The van der Waals surface area contributed by atoms with Gasteiger partial charge in [-0.15, -0.1) is 13.2 Å². The van der Waals surface area contributed by atoms with Gasteiger partial charge in [-0.3, -0.25) is 4.90 Å². The molecule has 1 fully saturated rings. The van der Waals surface area contributed by atoms with Gasteiger partial charge in [-0.25, -0.2) is 13.1 Å². The van der Waals surface area contributed by atoms with E-state index in [1.165, 1.54) is 12.1 Å². The molecule has 1 aromatic carbocycles. The van der Waals surface area contributed by atoms with Crippen molar-refractivity contribution >= 4 is 10.0 Å². The molecule has 0 saturated carbocycles. The van der Waals surface area contributed by atoms with E-state index < -0.39 is 32.6 Å². The van der Waals surface area contributed by atoms with Crippen molar-refractivity contribution in [1.29, 1.82) is 0 Å². The summed E-state index contributed by atoms with van der Waals surface area (Å²) in [6.07, 6.45) is -4.97. The first-order valence-electron chi connectivity index (χ1n) is 7.68. The van der Waals surface area contributed by atoms with Crippen molar-refractivity contribution in [2.24, 2.45) is 0 Å². The molecule has 0 unspecified atom stereocenters. The molecule has 0 spiro atoms. The molecule has 1 saturated heterocycles. The number of benzene rings is 1. The van der Waals surface area contributed by atoms with Crippen LogP contribution in [0, 0.1) is 0 Å². The van der Waals surface area contributed by atoms with E-state index in [1.54, 1.807) is 0 Å². The average Bonchev–Trinajstić information content (AvgIpc) is 2.53. The van der Waals surface area contributed by atoms with E-state index in [0.717, 1.165) is 12.1 Å². The van der Waals surface area contributed by atoms with Crippen LogP contribution in [-0.4, -0.2) is 58.1 Å². The third-order valence-electron chi connectivity index (χ3n) is 3.93. The molecule has 1 aromatic rings. The van der Waals surface area contributed by atoms with Crippen molar-refractivity contribution in [2.75, 3.05) is 32.8 Å². The molecule has 0 radical (unpaired) electrons. The number of ether oxygens (including phenoxy) is 2. The van der Waals surface area contributed by atoms with Gasteiger partial charge in [-0.05, 0) is 26.0 Å². The van der Waals surface area contributed by atoms with E-state index in [9.17, 15) is 21.6 Å². The van der Waals surface area contributed by atoms with Gasteiger partial charge < -0.3 is 9.47 Å². The van der Waals surface area contributed by atoms with Crippen LogP contribution in [0.5, 0.6) is 5.75 Å². The molecule has 0 aliphatic carbocycles. The van der Waals surface area contributed by atoms with Crippen LogP contribution in [0.15, 0.2) is 29.2 Å². The minimum Gasteiger partial charge on any atom is -0.404 e. The standard InChI is InChI=1S/C15H21F3N2O4S/c1-14(2,20-7-9-23-10-8-20)11-19-25(21,22)13-6-4-3-5-12(13)24-15(16,17)18/h3-6,19H,7-11H2,1-2H3. The maximum Gasteiger partial charge on any atom is 0.573 e. The summed E-state index contributed by atoms with van der Waals surface area (Å²) in [5, 5.41) is 0. The van der Waals surface area contributed by atoms with E-state index in [2.05, 4.69) is 14.4 Å². The maximum absolute atomic E-state index is 12.5. The molecule has 142 valence electrons. The maximum atomic E-state index is 12.5. The second-order valence-corrected chi connectivity index (χ2v) is 7.97. The molecule has 1 aliphatic rings. The highest BCUT2D eigenvalue weighted by Crippen LogP contribution is 2.29. The number of nitrogens with zero attached hydrogens (tertiary/aromatic N) is 1. The van der Waals surface area contributed by atoms with Crippen LogP contribution in [0.25, 0.3) is 0 Å². The van der Waals surface area contributed by atoms with Crippen molar-refractivity contribution in [3.63, 3.8) is 0 Å². The zero-order valence-corrected chi connectivity index (χ0v) is 14.8. The minimum atomic E-state index is -4.97. The Labute approximate surface area is 145 Å². The highest BCUT2D eigenvalue weighted by molar-refractivity contribution is 7.89. The SMILES string of the molecule is CC(C)(CNS(=O)(=O)c1ccccc1OC(F)(F)F)N1CCOCC1. The highest BCUT2D eigenvalue weighted by atomic mass is 32.2. The second kappa shape index (κ2) is 7.48. The summed E-state index contributed by atoms with van der Waals surface area (Å²) >= 11 is 0. The van der Waals surface area contributed by atoms with Crippen LogP contribution in [0.2, 0.25) is 0 Å². The summed E-state index contributed by atoms with van der Waals surface area (Å²) in [5.41, 5.74) is -0.517. The van der Waals surface area contributed by atoms with Gasteiger partial charge in [0.05, 0.1) is 13.2 Å². The molecule has 0 aromatic heterocycles. The number of hydrogen-bond donors (Lipinski definition) is 1. The third-order valence-corrected chi connectivity index (χ3v) is 5.37. The fraction of sp³-hybridized carbons (Fsp3) is 0.600. The molecule has 6 nitrogen and oxygen atoms in total.